The van der Waals surface area contributed by atoms with Crippen LogP contribution in [0.3, 0.4) is 0 Å². The van der Waals surface area contributed by atoms with Crippen molar-refractivity contribution in [3.63, 3.8) is 0 Å². The summed E-state index contributed by atoms with van der Waals surface area (Å²) in [6.45, 7) is 1.55. The van der Waals surface area contributed by atoms with Gasteiger partial charge in [-0.3, -0.25) is 9.59 Å². The van der Waals surface area contributed by atoms with Crippen molar-refractivity contribution in [3.05, 3.63) is 60.5 Å². The first kappa shape index (κ1) is 19.6. The number of halogens is 1. The summed E-state index contributed by atoms with van der Waals surface area (Å²) >= 11 is 0. The van der Waals surface area contributed by atoms with Gasteiger partial charge >= 0.3 is 0 Å². The molecule has 1 fully saturated rings. The number of aryl methyl sites for hydroxylation is 1. The SMILES string of the molecule is O=C1CN(c2ccc(NC(=O)CCc3ncc(-c4ccc(F)cc4)o3)cn2)CCN1. The van der Waals surface area contributed by atoms with E-state index in [0.29, 0.717) is 42.7 Å². The fourth-order valence-electron chi connectivity index (χ4n) is 3.10. The number of hydrogen-bond donors (Lipinski definition) is 2. The van der Waals surface area contributed by atoms with Crippen molar-refractivity contribution < 1.29 is 18.4 Å². The number of carbonyl (C=O) groups is 2. The molecule has 0 unspecified atom stereocenters. The van der Waals surface area contributed by atoms with Gasteiger partial charge in [0.25, 0.3) is 0 Å². The molecular formula is C21H20FN5O3. The number of piperazine rings is 1. The van der Waals surface area contributed by atoms with Gasteiger partial charge in [0.2, 0.25) is 11.8 Å². The Kier molecular flexibility index (Phi) is 5.69. The van der Waals surface area contributed by atoms with Crippen LogP contribution in [0.25, 0.3) is 11.3 Å². The maximum absolute atomic E-state index is 13.0. The molecule has 0 saturated carbocycles. The molecule has 1 aromatic carbocycles. The molecule has 0 atom stereocenters. The van der Waals surface area contributed by atoms with E-state index in [-0.39, 0.29) is 30.6 Å². The first-order valence-electron chi connectivity index (χ1n) is 9.55. The number of carbonyl (C=O) groups excluding carboxylic acids is 2. The first-order chi connectivity index (χ1) is 14.6. The third-order valence-electron chi connectivity index (χ3n) is 4.64. The van der Waals surface area contributed by atoms with E-state index in [0.717, 1.165) is 5.56 Å². The summed E-state index contributed by atoms with van der Waals surface area (Å²) in [6.07, 6.45) is 3.65. The molecule has 30 heavy (non-hydrogen) atoms. The average Bonchev–Trinajstić information content (AvgIpc) is 3.22. The van der Waals surface area contributed by atoms with Crippen LogP contribution in [0.4, 0.5) is 15.9 Å². The van der Waals surface area contributed by atoms with Crippen molar-refractivity contribution >= 4 is 23.3 Å². The maximum Gasteiger partial charge on any atom is 0.239 e. The number of anilines is 2. The molecule has 1 saturated heterocycles. The topological polar surface area (TPSA) is 100 Å². The molecule has 8 nitrogen and oxygen atoms in total. The number of rotatable bonds is 6. The molecular weight excluding hydrogens is 389 g/mol. The molecule has 0 radical (unpaired) electrons. The van der Waals surface area contributed by atoms with Gasteiger partial charge in [0.05, 0.1) is 24.6 Å². The number of nitrogens with one attached hydrogen (secondary N) is 2. The summed E-state index contributed by atoms with van der Waals surface area (Å²) in [5.74, 6) is 1.10. The van der Waals surface area contributed by atoms with Crippen molar-refractivity contribution in [1.29, 1.82) is 0 Å². The summed E-state index contributed by atoms with van der Waals surface area (Å²) < 4.78 is 18.7. The molecule has 0 spiro atoms. The van der Waals surface area contributed by atoms with Gasteiger partial charge in [0.15, 0.2) is 11.7 Å². The molecule has 0 aliphatic carbocycles. The van der Waals surface area contributed by atoms with Crippen LogP contribution >= 0.6 is 0 Å². The monoisotopic (exact) mass is 409 g/mol. The van der Waals surface area contributed by atoms with Gasteiger partial charge in [-0.1, -0.05) is 0 Å². The molecule has 4 rings (SSSR count). The Morgan fingerprint density at radius 2 is 2.00 bits per heavy atom. The number of amides is 2. The molecule has 1 aliphatic heterocycles. The van der Waals surface area contributed by atoms with Crippen molar-refractivity contribution in [2.24, 2.45) is 0 Å². The summed E-state index contributed by atoms with van der Waals surface area (Å²) in [5.41, 5.74) is 1.29. The number of benzene rings is 1. The highest BCUT2D eigenvalue weighted by Gasteiger charge is 2.17. The molecule has 154 valence electrons. The lowest BCUT2D eigenvalue weighted by Gasteiger charge is -2.27. The first-order valence-corrected chi connectivity index (χ1v) is 9.55. The Labute approximate surface area is 172 Å². The van der Waals surface area contributed by atoms with Gasteiger partial charge < -0.3 is 20.0 Å². The van der Waals surface area contributed by atoms with Crippen molar-refractivity contribution in [1.82, 2.24) is 15.3 Å². The van der Waals surface area contributed by atoms with Gasteiger partial charge in [-0.2, -0.15) is 0 Å². The fourth-order valence-corrected chi connectivity index (χ4v) is 3.10. The van der Waals surface area contributed by atoms with E-state index in [1.807, 2.05) is 4.90 Å². The van der Waals surface area contributed by atoms with E-state index in [9.17, 15) is 14.0 Å². The average molecular weight is 409 g/mol. The van der Waals surface area contributed by atoms with Crippen LogP contribution < -0.4 is 15.5 Å². The van der Waals surface area contributed by atoms with Crippen LogP contribution in [-0.4, -0.2) is 41.4 Å². The molecule has 3 aromatic rings. The summed E-state index contributed by atoms with van der Waals surface area (Å²) in [7, 11) is 0. The van der Waals surface area contributed by atoms with Crippen LogP contribution in [-0.2, 0) is 16.0 Å². The Balaban J connectivity index is 1.29. The molecule has 9 heteroatoms. The predicted molar refractivity (Wildman–Crippen MR) is 108 cm³/mol. The van der Waals surface area contributed by atoms with E-state index < -0.39 is 0 Å². The maximum atomic E-state index is 13.0. The molecule has 0 bridgehead atoms. The zero-order valence-corrected chi connectivity index (χ0v) is 16.1. The van der Waals surface area contributed by atoms with Gasteiger partial charge in [-0.05, 0) is 36.4 Å². The largest absolute Gasteiger partial charge is 0.441 e. The predicted octanol–water partition coefficient (Wildman–Crippen LogP) is 2.38. The number of nitrogens with zero attached hydrogens (tertiary/aromatic N) is 3. The minimum absolute atomic E-state index is 0.0328. The van der Waals surface area contributed by atoms with Crippen molar-refractivity contribution in [2.45, 2.75) is 12.8 Å². The van der Waals surface area contributed by atoms with E-state index in [1.165, 1.54) is 12.1 Å². The van der Waals surface area contributed by atoms with Crippen LogP contribution in [0.5, 0.6) is 0 Å². The third-order valence-corrected chi connectivity index (χ3v) is 4.64. The van der Waals surface area contributed by atoms with Gasteiger partial charge in [-0.15, -0.1) is 0 Å². The lowest BCUT2D eigenvalue weighted by molar-refractivity contribution is -0.120. The van der Waals surface area contributed by atoms with E-state index >= 15 is 0 Å². The highest BCUT2D eigenvalue weighted by molar-refractivity contribution is 5.90. The van der Waals surface area contributed by atoms with Crippen molar-refractivity contribution in [2.75, 3.05) is 29.9 Å². The van der Waals surface area contributed by atoms with Crippen LogP contribution in [0.15, 0.2) is 53.2 Å². The van der Waals surface area contributed by atoms with Crippen molar-refractivity contribution in [3.8, 4) is 11.3 Å². The lowest BCUT2D eigenvalue weighted by Crippen LogP contribution is -2.48. The van der Waals surface area contributed by atoms with Crippen LogP contribution in [0, 0.1) is 5.82 Å². The van der Waals surface area contributed by atoms with E-state index in [1.54, 1.807) is 36.7 Å². The normalized spacial score (nSPS) is 13.8. The molecule has 2 amide bonds. The summed E-state index contributed by atoms with van der Waals surface area (Å²) in [5, 5.41) is 5.55. The summed E-state index contributed by atoms with van der Waals surface area (Å²) in [6, 6.07) is 9.45. The molecule has 1 aliphatic rings. The Bertz CT molecular complexity index is 1030. The zero-order valence-electron chi connectivity index (χ0n) is 16.1. The Morgan fingerprint density at radius 1 is 1.17 bits per heavy atom. The minimum atomic E-state index is -0.320. The molecule has 2 aromatic heterocycles. The Morgan fingerprint density at radius 3 is 2.73 bits per heavy atom. The van der Waals surface area contributed by atoms with Gasteiger partial charge in [0.1, 0.15) is 11.6 Å². The number of oxazole rings is 1. The standard InChI is InChI=1S/C21H20FN5O3/c22-15-3-1-14(2-4-15)17-12-25-21(30-17)8-7-19(28)26-16-5-6-18(24-11-16)27-10-9-23-20(29)13-27/h1-6,11-12H,7-10,13H2,(H,23,29)(H,26,28). The van der Waals surface area contributed by atoms with Crippen LogP contribution in [0.1, 0.15) is 12.3 Å². The number of hydrogen-bond acceptors (Lipinski definition) is 6. The van der Waals surface area contributed by atoms with Crippen LogP contribution in [0.2, 0.25) is 0 Å². The summed E-state index contributed by atoms with van der Waals surface area (Å²) in [4.78, 5) is 34.1. The Hall–Kier alpha value is -3.75. The second-order valence-electron chi connectivity index (χ2n) is 6.85. The van der Waals surface area contributed by atoms with E-state index in [2.05, 4.69) is 20.6 Å². The minimum Gasteiger partial charge on any atom is -0.441 e. The number of aromatic nitrogens is 2. The highest BCUT2D eigenvalue weighted by Crippen LogP contribution is 2.21. The zero-order chi connectivity index (χ0) is 20.9. The highest BCUT2D eigenvalue weighted by atomic mass is 19.1. The number of pyridine rings is 1. The lowest BCUT2D eigenvalue weighted by atomic mass is 10.2. The fraction of sp³-hybridized carbons (Fsp3) is 0.238. The second-order valence-corrected chi connectivity index (χ2v) is 6.85. The quantitative estimate of drug-likeness (QED) is 0.648. The second kappa shape index (κ2) is 8.73. The van der Waals surface area contributed by atoms with Gasteiger partial charge in [-0.25, -0.2) is 14.4 Å². The smallest absolute Gasteiger partial charge is 0.239 e. The molecule has 3 heterocycles. The van der Waals surface area contributed by atoms with E-state index in [4.69, 9.17) is 4.42 Å². The molecule has 2 N–H and O–H groups in total. The van der Waals surface area contributed by atoms with Gasteiger partial charge in [0, 0.05) is 31.5 Å². The third kappa shape index (κ3) is 4.80.